The van der Waals surface area contributed by atoms with Gasteiger partial charge in [0, 0.05) is 0 Å². The minimum absolute atomic E-state index is 0.216. The van der Waals surface area contributed by atoms with E-state index in [4.69, 9.17) is 5.11 Å². The molecule has 7 heteroatoms. The van der Waals surface area contributed by atoms with Gasteiger partial charge < -0.3 is 10.2 Å². The molecule has 0 fully saturated rings. The number of aliphatic carboxylic acids is 1. The highest BCUT2D eigenvalue weighted by atomic mass is 16.4. The van der Waals surface area contributed by atoms with Gasteiger partial charge in [0.2, 0.25) is 0 Å². The first-order valence-corrected chi connectivity index (χ1v) is 6.39. The van der Waals surface area contributed by atoms with Gasteiger partial charge in [-0.15, -0.1) is 5.10 Å². The molecule has 0 aliphatic heterocycles. The first-order valence-electron chi connectivity index (χ1n) is 6.39. The van der Waals surface area contributed by atoms with Gasteiger partial charge in [-0.25, -0.2) is 14.3 Å². The number of aromatic nitrogens is 3. The lowest BCUT2D eigenvalue weighted by atomic mass is 10.0. The van der Waals surface area contributed by atoms with E-state index in [1.807, 2.05) is 0 Å². The zero-order valence-electron chi connectivity index (χ0n) is 11.6. The molecule has 0 amide bonds. The second-order valence-corrected chi connectivity index (χ2v) is 4.88. The molecule has 110 valence electrons. The van der Waals surface area contributed by atoms with Crippen LogP contribution in [0.3, 0.4) is 0 Å². The van der Waals surface area contributed by atoms with Crippen molar-refractivity contribution >= 4 is 11.9 Å². The van der Waals surface area contributed by atoms with Crippen LogP contribution in [0.5, 0.6) is 0 Å². The Bertz CT molecular complexity index is 664. The third-order valence-electron chi connectivity index (χ3n) is 3.07. The largest absolute Gasteiger partial charge is 0.479 e. The molecule has 1 unspecified atom stereocenters. The third-order valence-corrected chi connectivity index (χ3v) is 3.07. The van der Waals surface area contributed by atoms with Crippen molar-refractivity contribution in [1.29, 1.82) is 0 Å². The lowest BCUT2D eigenvalue weighted by molar-refractivity contribution is -0.139. The summed E-state index contributed by atoms with van der Waals surface area (Å²) < 4.78 is 1.17. The number of carboxylic acids is 2. The van der Waals surface area contributed by atoms with Gasteiger partial charge in [0.25, 0.3) is 0 Å². The Hall–Kier alpha value is -2.70. The molecule has 21 heavy (non-hydrogen) atoms. The molecule has 1 aromatic heterocycles. The Morgan fingerprint density at radius 3 is 2.24 bits per heavy atom. The number of benzene rings is 1. The maximum absolute atomic E-state index is 11.6. The molecule has 0 radical (unpaired) electrons. The van der Waals surface area contributed by atoms with Crippen LogP contribution >= 0.6 is 0 Å². The van der Waals surface area contributed by atoms with Gasteiger partial charge >= 0.3 is 11.9 Å². The van der Waals surface area contributed by atoms with Crippen LogP contribution in [-0.2, 0) is 4.79 Å². The number of rotatable bonds is 5. The van der Waals surface area contributed by atoms with Crippen molar-refractivity contribution < 1.29 is 19.8 Å². The van der Waals surface area contributed by atoms with Crippen LogP contribution in [0.25, 0.3) is 0 Å². The predicted octanol–water partition coefficient (Wildman–Crippen LogP) is 1.77. The summed E-state index contributed by atoms with van der Waals surface area (Å²) in [6.45, 7) is 3.54. The van der Waals surface area contributed by atoms with Crippen molar-refractivity contribution in [2.75, 3.05) is 0 Å². The van der Waals surface area contributed by atoms with Crippen LogP contribution in [0, 0.1) is 0 Å². The fourth-order valence-corrected chi connectivity index (χ4v) is 2.21. The highest BCUT2D eigenvalue weighted by Gasteiger charge is 2.30. The van der Waals surface area contributed by atoms with E-state index in [1.54, 1.807) is 44.2 Å². The van der Waals surface area contributed by atoms with Crippen molar-refractivity contribution in [3.05, 3.63) is 47.3 Å². The topological polar surface area (TPSA) is 105 Å². The van der Waals surface area contributed by atoms with Crippen molar-refractivity contribution in [2.45, 2.75) is 25.8 Å². The van der Waals surface area contributed by atoms with Crippen molar-refractivity contribution in [2.24, 2.45) is 0 Å². The van der Waals surface area contributed by atoms with E-state index in [-0.39, 0.29) is 11.6 Å². The summed E-state index contributed by atoms with van der Waals surface area (Å²) in [5.74, 6) is -2.57. The van der Waals surface area contributed by atoms with E-state index >= 15 is 0 Å². The average Bonchev–Trinajstić information content (AvgIpc) is 2.84. The molecular formula is C14H15N3O4. The molecule has 0 spiro atoms. The van der Waals surface area contributed by atoms with Crippen molar-refractivity contribution in [3.63, 3.8) is 0 Å². The number of hydrogen-bond acceptors (Lipinski definition) is 4. The molecule has 7 nitrogen and oxygen atoms in total. The zero-order valence-corrected chi connectivity index (χ0v) is 11.6. The minimum Gasteiger partial charge on any atom is -0.479 e. The maximum Gasteiger partial charge on any atom is 0.358 e. The van der Waals surface area contributed by atoms with E-state index in [0.717, 1.165) is 0 Å². The van der Waals surface area contributed by atoms with E-state index in [9.17, 15) is 14.7 Å². The Labute approximate surface area is 120 Å². The quantitative estimate of drug-likeness (QED) is 0.869. The van der Waals surface area contributed by atoms with Crippen LogP contribution in [0.4, 0.5) is 0 Å². The van der Waals surface area contributed by atoms with E-state index < -0.39 is 18.0 Å². The number of nitrogens with zero attached hydrogens (tertiary/aromatic N) is 3. The SMILES string of the molecule is CC(C)c1c(C(=O)O)nnn1C(C(=O)O)c1ccccc1. The van der Waals surface area contributed by atoms with Gasteiger partial charge in [0.1, 0.15) is 0 Å². The Kier molecular flexibility index (Phi) is 4.02. The van der Waals surface area contributed by atoms with Crippen LogP contribution in [0.15, 0.2) is 30.3 Å². The third kappa shape index (κ3) is 2.76. The normalized spacial score (nSPS) is 12.3. The average molecular weight is 289 g/mol. The van der Waals surface area contributed by atoms with Gasteiger partial charge in [0.15, 0.2) is 11.7 Å². The summed E-state index contributed by atoms with van der Waals surface area (Å²) in [7, 11) is 0. The molecule has 1 atom stereocenters. The van der Waals surface area contributed by atoms with Crippen LogP contribution < -0.4 is 0 Å². The maximum atomic E-state index is 11.6. The van der Waals surface area contributed by atoms with Crippen molar-refractivity contribution in [1.82, 2.24) is 15.0 Å². The van der Waals surface area contributed by atoms with Gasteiger partial charge in [-0.2, -0.15) is 0 Å². The molecule has 2 rings (SSSR count). The highest BCUT2D eigenvalue weighted by molar-refractivity contribution is 5.87. The molecule has 1 aromatic carbocycles. The van der Waals surface area contributed by atoms with E-state index in [1.165, 1.54) is 4.68 Å². The van der Waals surface area contributed by atoms with E-state index in [0.29, 0.717) is 11.3 Å². The van der Waals surface area contributed by atoms with Crippen LogP contribution in [-0.4, -0.2) is 37.1 Å². The Morgan fingerprint density at radius 2 is 1.76 bits per heavy atom. The summed E-state index contributed by atoms with van der Waals surface area (Å²) in [6.07, 6.45) is 0. The summed E-state index contributed by atoms with van der Waals surface area (Å²) >= 11 is 0. The summed E-state index contributed by atoms with van der Waals surface area (Å²) in [4.78, 5) is 22.8. The number of hydrogen-bond donors (Lipinski definition) is 2. The molecule has 0 saturated heterocycles. The number of aromatic carboxylic acids is 1. The summed E-state index contributed by atoms with van der Waals surface area (Å²) in [6, 6.07) is 7.42. The predicted molar refractivity (Wildman–Crippen MR) is 73.3 cm³/mol. The Morgan fingerprint density at radius 1 is 1.14 bits per heavy atom. The smallest absolute Gasteiger partial charge is 0.358 e. The second kappa shape index (κ2) is 5.74. The molecule has 2 aromatic rings. The van der Waals surface area contributed by atoms with Gasteiger partial charge in [-0.1, -0.05) is 49.4 Å². The van der Waals surface area contributed by atoms with Gasteiger partial charge in [0.05, 0.1) is 5.69 Å². The summed E-state index contributed by atoms with van der Waals surface area (Å²) in [5, 5.41) is 26.0. The van der Waals surface area contributed by atoms with Crippen LogP contribution in [0.1, 0.15) is 47.6 Å². The monoisotopic (exact) mass is 289 g/mol. The molecule has 0 aliphatic carbocycles. The first kappa shape index (κ1) is 14.7. The van der Waals surface area contributed by atoms with Gasteiger partial charge in [-0.3, -0.25) is 0 Å². The number of carbonyl (C=O) groups is 2. The molecule has 0 bridgehead atoms. The fourth-order valence-electron chi connectivity index (χ4n) is 2.21. The highest BCUT2D eigenvalue weighted by Crippen LogP contribution is 2.25. The molecular weight excluding hydrogens is 274 g/mol. The fraction of sp³-hybridized carbons (Fsp3) is 0.286. The standard InChI is InChI=1S/C14H15N3O4/c1-8(2)11-10(13(18)19)15-16-17(11)12(14(20)21)9-6-4-3-5-7-9/h3-8,12H,1-2H3,(H,18,19)(H,20,21). The van der Waals surface area contributed by atoms with Crippen LogP contribution in [0.2, 0.25) is 0 Å². The molecule has 0 aliphatic rings. The molecule has 2 N–H and O–H groups in total. The number of carboxylic acid groups (broad SMARTS) is 2. The van der Waals surface area contributed by atoms with Crippen molar-refractivity contribution in [3.8, 4) is 0 Å². The van der Waals surface area contributed by atoms with E-state index in [2.05, 4.69) is 10.3 Å². The van der Waals surface area contributed by atoms with Gasteiger partial charge in [-0.05, 0) is 11.5 Å². The first-order chi connectivity index (χ1) is 9.93. The Balaban J connectivity index is 2.62. The second-order valence-electron chi connectivity index (χ2n) is 4.88. The molecule has 0 saturated carbocycles. The molecule has 1 heterocycles. The lowest BCUT2D eigenvalue weighted by Crippen LogP contribution is -2.24. The summed E-state index contributed by atoms with van der Waals surface area (Å²) in [5.41, 5.74) is 0.583. The zero-order chi connectivity index (χ0) is 15.6. The minimum atomic E-state index is -1.22. The lowest BCUT2D eigenvalue weighted by Gasteiger charge is -2.17.